The summed E-state index contributed by atoms with van der Waals surface area (Å²) in [6.45, 7) is 11.1. The fourth-order valence-corrected chi connectivity index (χ4v) is 8.23. The summed E-state index contributed by atoms with van der Waals surface area (Å²) in [7, 11) is 0. The van der Waals surface area contributed by atoms with Crippen molar-refractivity contribution < 1.29 is 33.8 Å². The predicted molar refractivity (Wildman–Crippen MR) is 194 cm³/mol. The molecule has 0 radical (unpaired) electrons. The van der Waals surface area contributed by atoms with Crippen molar-refractivity contribution in [2.75, 3.05) is 24.7 Å². The van der Waals surface area contributed by atoms with Crippen molar-refractivity contribution in [3.05, 3.63) is 104 Å². The molecule has 268 valence electrons. The molecule has 0 aliphatic carbocycles. The van der Waals surface area contributed by atoms with E-state index < -0.39 is 53.5 Å². The quantitative estimate of drug-likeness (QED) is 0.167. The number of allylic oxidation sites excluding steroid dienone is 1. The first-order valence-corrected chi connectivity index (χ1v) is 17.8. The number of benzene rings is 3. The molecule has 0 unspecified atom stereocenters. The first-order chi connectivity index (χ1) is 24.6. The molecule has 1 spiro atoms. The average Bonchev–Trinajstić information content (AvgIpc) is 3.79. The lowest BCUT2D eigenvalue weighted by atomic mass is 9.70. The Morgan fingerprint density at radius 1 is 1.06 bits per heavy atom. The first kappa shape index (κ1) is 36.0. The zero-order chi connectivity index (χ0) is 36.3. The molecule has 3 aliphatic rings. The molecule has 3 fully saturated rings. The molecule has 3 amide bonds. The molecule has 3 heterocycles. The number of rotatable bonds is 15. The number of carbonyl (C=O) groups is 4. The van der Waals surface area contributed by atoms with Crippen LogP contribution in [0.2, 0.25) is 0 Å². The number of fused-ring (bicyclic) bond motifs is 2. The van der Waals surface area contributed by atoms with Crippen LogP contribution in [-0.4, -0.2) is 77.2 Å². The number of carbonyl (C=O) groups excluding carboxylic acids is 4. The largest absolute Gasteiger partial charge is 0.463 e. The van der Waals surface area contributed by atoms with E-state index >= 15 is 4.79 Å². The Hall–Kier alpha value is -4.80. The van der Waals surface area contributed by atoms with Crippen molar-refractivity contribution in [1.29, 1.82) is 0 Å². The lowest BCUT2D eigenvalue weighted by molar-refractivity contribution is -0.147. The maximum atomic E-state index is 15.0. The van der Waals surface area contributed by atoms with Gasteiger partial charge in [-0.2, -0.15) is 0 Å². The Morgan fingerprint density at radius 3 is 2.47 bits per heavy atom. The fourth-order valence-electron chi connectivity index (χ4n) is 8.23. The molecule has 6 rings (SSSR count). The van der Waals surface area contributed by atoms with Crippen LogP contribution in [0.1, 0.15) is 51.1 Å². The number of hydrogen-bond acceptors (Lipinski definition) is 7. The third-order valence-corrected chi connectivity index (χ3v) is 10.7. The van der Waals surface area contributed by atoms with Crippen LogP contribution in [-0.2, 0) is 28.7 Å². The van der Waals surface area contributed by atoms with Gasteiger partial charge in [0.15, 0.2) is 0 Å². The normalized spacial score (nSPS) is 24.6. The van der Waals surface area contributed by atoms with E-state index in [1.807, 2.05) is 86.6 Å². The monoisotopic (exact) mass is 693 g/mol. The van der Waals surface area contributed by atoms with E-state index in [2.05, 4.69) is 18.5 Å². The van der Waals surface area contributed by atoms with Crippen LogP contribution < -0.4 is 10.2 Å². The zero-order valence-corrected chi connectivity index (χ0v) is 29.3. The topological polar surface area (TPSA) is 125 Å². The van der Waals surface area contributed by atoms with Crippen molar-refractivity contribution in [3.8, 4) is 0 Å². The molecule has 2 N–H and O–H groups in total. The Morgan fingerprint density at radius 2 is 1.78 bits per heavy atom. The lowest BCUT2D eigenvalue weighted by Gasteiger charge is -2.40. The molecular weight excluding hydrogens is 646 g/mol. The second-order valence-electron chi connectivity index (χ2n) is 14.0. The smallest absolute Gasteiger partial charge is 0.306 e. The molecule has 3 saturated heterocycles. The number of anilines is 1. The van der Waals surface area contributed by atoms with Crippen LogP contribution in [0.15, 0.2) is 98.1 Å². The Bertz CT molecular complexity index is 1790. The summed E-state index contributed by atoms with van der Waals surface area (Å²) in [5, 5.41) is 15.7. The highest BCUT2D eigenvalue weighted by Crippen LogP contribution is 2.59. The molecular formula is C41H47N3O7. The van der Waals surface area contributed by atoms with Gasteiger partial charge in [-0.3, -0.25) is 19.2 Å². The fraction of sp³-hybridized carbons (Fsp3) is 0.415. The summed E-state index contributed by atoms with van der Waals surface area (Å²) in [6.07, 6.45) is 4.22. The second kappa shape index (κ2) is 15.2. The van der Waals surface area contributed by atoms with E-state index in [9.17, 15) is 19.5 Å². The van der Waals surface area contributed by atoms with Crippen LogP contribution in [0.25, 0.3) is 10.8 Å². The van der Waals surface area contributed by atoms with Gasteiger partial charge in [0.25, 0.3) is 5.91 Å². The van der Waals surface area contributed by atoms with E-state index in [1.54, 1.807) is 17.1 Å². The molecule has 51 heavy (non-hydrogen) atoms. The minimum Gasteiger partial charge on any atom is -0.463 e. The number of hydrogen-bond donors (Lipinski definition) is 2. The standard InChI is InChI=1S/C41H47N3O7/c1-5-7-17-34(46)50-25-31(28-14-9-8-10-15-28)42-38(47)35-33-20-21-41(51-33)36(35)39(48)44(32(24-45)26(3)4)37(41)40(49)43(22-6-2)30-19-18-27-13-11-12-16-29(27)23-30/h5-6,8-16,18-19,23,26,31-33,35-37,45H,1-2,7,17,20-22,24-25H2,3-4H3,(H,42,47)/t31-,32-,33+,35-,36-,37+,41-/m0/s1. The van der Waals surface area contributed by atoms with Crippen molar-refractivity contribution >= 4 is 40.2 Å². The van der Waals surface area contributed by atoms with E-state index in [-0.39, 0.29) is 43.9 Å². The third kappa shape index (κ3) is 6.70. The minimum atomic E-state index is -1.28. The van der Waals surface area contributed by atoms with Gasteiger partial charge in [-0.25, -0.2) is 0 Å². The Labute approximate surface area is 299 Å². The van der Waals surface area contributed by atoms with Crippen molar-refractivity contribution in [3.63, 3.8) is 0 Å². The highest BCUT2D eigenvalue weighted by molar-refractivity contribution is 6.06. The van der Waals surface area contributed by atoms with Gasteiger partial charge in [-0.15, -0.1) is 13.2 Å². The molecule has 0 aromatic heterocycles. The van der Waals surface area contributed by atoms with Gasteiger partial charge >= 0.3 is 5.97 Å². The number of aliphatic hydroxyl groups excluding tert-OH is 1. The van der Waals surface area contributed by atoms with E-state index in [0.717, 1.165) is 16.3 Å². The summed E-state index contributed by atoms with van der Waals surface area (Å²) >= 11 is 0. The maximum absolute atomic E-state index is 15.0. The van der Waals surface area contributed by atoms with Crippen LogP contribution >= 0.6 is 0 Å². The molecule has 3 aliphatic heterocycles. The van der Waals surface area contributed by atoms with Gasteiger partial charge in [-0.05, 0) is 53.6 Å². The number of ether oxygens (including phenoxy) is 2. The highest BCUT2D eigenvalue weighted by Gasteiger charge is 2.75. The van der Waals surface area contributed by atoms with Gasteiger partial charge in [0.1, 0.15) is 18.2 Å². The van der Waals surface area contributed by atoms with E-state index in [4.69, 9.17) is 9.47 Å². The predicted octanol–water partition coefficient (Wildman–Crippen LogP) is 5.12. The maximum Gasteiger partial charge on any atom is 0.306 e. The summed E-state index contributed by atoms with van der Waals surface area (Å²) in [4.78, 5) is 59.7. The molecule has 0 saturated carbocycles. The molecule has 10 heteroatoms. The van der Waals surface area contributed by atoms with Gasteiger partial charge in [0.05, 0.1) is 36.6 Å². The lowest BCUT2D eigenvalue weighted by Crippen LogP contribution is -2.59. The molecule has 2 bridgehead atoms. The number of aliphatic hydroxyl groups is 1. The van der Waals surface area contributed by atoms with Crippen LogP contribution in [0, 0.1) is 17.8 Å². The van der Waals surface area contributed by atoms with Crippen molar-refractivity contribution in [1.82, 2.24) is 10.2 Å². The van der Waals surface area contributed by atoms with Gasteiger partial charge < -0.3 is 29.7 Å². The first-order valence-electron chi connectivity index (χ1n) is 17.8. The van der Waals surface area contributed by atoms with Gasteiger partial charge in [-0.1, -0.05) is 86.7 Å². The highest BCUT2D eigenvalue weighted by atomic mass is 16.5. The summed E-state index contributed by atoms with van der Waals surface area (Å²) in [5.74, 6) is -3.59. The molecule has 3 aromatic carbocycles. The molecule has 10 nitrogen and oxygen atoms in total. The van der Waals surface area contributed by atoms with Gasteiger partial charge in [0.2, 0.25) is 11.8 Å². The summed E-state index contributed by atoms with van der Waals surface area (Å²) in [5.41, 5.74) is 0.106. The zero-order valence-electron chi connectivity index (χ0n) is 29.3. The number of likely N-dealkylation sites (tertiary alicyclic amines) is 1. The SMILES string of the molecule is C=CCCC(=O)OC[C@H](NC(=O)[C@@H]1[C@H]2C(=O)N([C@@H](CO)C(C)C)[C@H](C(=O)N(CC=C)c3ccc4ccccc4c3)[C@]23CC[C@H]1O3)c1ccccc1. The van der Waals surface area contributed by atoms with Crippen LogP contribution in [0.3, 0.4) is 0 Å². The van der Waals surface area contributed by atoms with Crippen LogP contribution in [0.5, 0.6) is 0 Å². The number of nitrogens with zero attached hydrogens (tertiary/aromatic N) is 2. The number of nitrogens with one attached hydrogen (secondary N) is 1. The molecule has 3 aromatic rings. The van der Waals surface area contributed by atoms with Crippen molar-refractivity contribution in [2.24, 2.45) is 17.8 Å². The molecule has 7 atom stereocenters. The van der Waals surface area contributed by atoms with Crippen molar-refractivity contribution in [2.45, 2.75) is 69.4 Å². The number of esters is 1. The summed E-state index contributed by atoms with van der Waals surface area (Å²) in [6, 6.07) is 20.4. The third-order valence-electron chi connectivity index (χ3n) is 10.7. The number of amides is 3. The van der Waals surface area contributed by atoms with E-state index in [0.29, 0.717) is 24.9 Å². The van der Waals surface area contributed by atoms with Gasteiger partial charge in [0, 0.05) is 18.7 Å². The van der Waals surface area contributed by atoms with Crippen LogP contribution in [0.4, 0.5) is 5.69 Å². The Balaban J connectivity index is 1.35. The average molecular weight is 694 g/mol. The minimum absolute atomic E-state index is 0.0941. The Kier molecular flexibility index (Phi) is 10.7. The van der Waals surface area contributed by atoms with E-state index in [1.165, 1.54) is 4.90 Å². The second-order valence-corrected chi connectivity index (χ2v) is 14.0. The summed E-state index contributed by atoms with van der Waals surface area (Å²) < 4.78 is 12.3.